The molecule has 4 heteroatoms. The van der Waals surface area contributed by atoms with E-state index in [4.69, 9.17) is 9.47 Å². The van der Waals surface area contributed by atoms with Gasteiger partial charge in [0.05, 0.1) is 24.7 Å². The topological polar surface area (TPSA) is 47.6 Å². The molecule has 0 heterocycles. The summed E-state index contributed by atoms with van der Waals surface area (Å²) in [4.78, 5) is 12.9. The van der Waals surface area contributed by atoms with Crippen molar-refractivity contribution in [1.29, 1.82) is 0 Å². The first-order valence-corrected chi connectivity index (χ1v) is 9.16. The van der Waals surface area contributed by atoms with Crippen molar-refractivity contribution in [3.05, 3.63) is 59.7 Å². The van der Waals surface area contributed by atoms with Gasteiger partial charge in [0.15, 0.2) is 11.5 Å². The number of carbonyl (C=O) groups excluding carboxylic acids is 1. The largest absolute Gasteiger partial charge is 0.490 e. The predicted molar refractivity (Wildman–Crippen MR) is 105 cm³/mol. The Hall–Kier alpha value is -2.49. The molecule has 4 nitrogen and oxygen atoms in total. The Morgan fingerprint density at radius 2 is 1.62 bits per heavy atom. The first kappa shape index (κ1) is 19.8. The van der Waals surface area contributed by atoms with Crippen LogP contribution in [-0.2, 0) is 10.2 Å². The van der Waals surface area contributed by atoms with Crippen molar-refractivity contribution in [2.24, 2.45) is 0 Å². The van der Waals surface area contributed by atoms with Crippen LogP contribution in [-0.4, -0.2) is 19.1 Å². The van der Waals surface area contributed by atoms with Crippen molar-refractivity contribution in [3.63, 3.8) is 0 Å². The molecule has 1 amide bonds. The molecule has 2 aromatic carbocycles. The van der Waals surface area contributed by atoms with Gasteiger partial charge in [0.2, 0.25) is 5.91 Å². The number of amides is 1. The molecule has 0 aliphatic carbocycles. The molecule has 140 valence electrons. The third kappa shape index (κ3) is 4.57. The van der Waals surface area contributed by atoms with Gasteiger partial charge >= 0.3 is 0 Å². The van der Waals surface area contributed by atoms with Crippen molar-refractivity contribution in [3.8, 4) is 11.5 Å². The number of nitrogens with one attached hydrogen (secondary N) is 1. The van der Waals surface area contributed by atoms with Crippen LogP contribution >= 0.6 is 0 Å². The van der Waals surface area contributed by atoms with Gasteiger partial charge in [0.25, 0.3) is 0 Å². The van der Waals surface area contributed by atoms with E-state index in [1.807, 2.05) is 83.1 Å². The van der Waals surface area contributed by atoms with Crippen molar-refractivity contribution in [2.45, 2.75) is 46.1 Å². The molecule has 0 bridgehead atoms. The number of hydrogen-bond acceptors (Lipinski definition) is 3. The molecule has 0 saturated heterocycles. The summed E-state index contributed by atoms with van der Waals surface area (Å²) >= 11 is 0. The minimum absolute atomic E-state index is 0.0111. The van der Waals surface area contributed by atoms with E-state index in [0.29, 0.717) is 19.0 Å². The fraction of sp³-hybridized carbons (Fsp3) is 0.409. The number of benzene rings is 2. The molecule has 1 atom stereocenters. The van der Waals surface area contributed by atoms with Gasteiger partial charge in [-0.3, -0.25) is 4.79 Å². The quantitative estimate of drug-likeness (QED) is 0.750. The van der Waals surface area contributed by atoms with Crippen molar-refractivity contribution in [2.75, 3.05) is 13.2 Å². The van der Waals surface area contributed by atoms with Gasteiger partial charge in [0.1, 0.15) is 0 Å². The summed E-state index contributed by atoms with van der Waals surface area (Å²) in [5, 5.41) is 3.12. The lowest BCUT2D eigenvalue weighted by molar-refractivity contribution is -0.126. The minimum Gasteiger partial charge on any atom is -0.490 e. The second-order valence-corrected chi connectivity index (χ2v) is 6.76. The van der Waals surface area contributed by atoms with Gasteiger partial charge in [-0.2, -0.15) is 0 Å². The van der Waals surface area contributed by atoms with Crippen LogP contribution in [0.2, 0.25) is 0 Å². The second-order valence-electron chi connectivity index (χ2n) is 6.76. The lowest BCUT2D eigenvalue weighted by Gasteiger charge is -2.27. The van der Waals surface area contributed by atoms with Crippen molar-refractivity contribution < 1.29 is 14.3 Å². The van der Waals surface area contributed by atoms with E-state index in [9.17, 15) is 4.79 Å². The summed E-state index contributed by atoms with van der Waals surface area (Å²) in [5.74, 6) is 1.42. The maximum absolute atomic E-state index is 12.9. The van der Waals surface area contributed by atoms with Gasteiger partial charge < -0.3 is 14.8 Å². The standard InChI is InChI=1S/C22H29NO3/c1-6-25-19-14-13-17(15-20(19)26-7-2)16(3)23-21(24)22(4,5)18-11-9-8-10-12-18/h8-16H,6-7H2,1-5H3,(H,23,24). The average molecular weight is 355 g/mol. The highest BCUT2D eigenvalue weighted by Crippen LogP contribution is 2.31. The van der Waals surface area contributed by atoms with Crippen LogP contribution in [0.25, 0.3) is 0 Å². The predicted octanol–water partition coefficient (Wildman–Crippen LogP) is 4.64. The first-order chi connectivity index (χ1) is 12.4. The van der Waals surface area contributed by atoms with E-state index in [1.54, 1.807) is 0 Å². The summed E-state index contributed by atoms with van der Waals surface area (Å²) in [7, 11) is 0. The summed E-state index contributed by atoms with van der Waals surface area (Å²) < 4.78 is 11.3. The highest BCUT2D eigenvalue weighted by Gasteiger charge is 2.30. The number of ether oxygens (including phenoxy) is 2. The Morgan fingerprint density at radius 1 is 1.00 bits per heavy atom. The van der Waals surface area contributed by atoms with E-state index in [2.05, 4.69) is 5.32 Å². The van der Waals surface area contributed by atoms with Crippen LogP contribution in [0.5, 0.6) is 11.5 Å². The van der Waals surface area contributed by atoms with E-state index in [1.165, 1.54) is 0 Å². The fourth-order valence-corrected chi connectivity index (χ4v) is 2.78. The molecule has 0 spiro atoms. The maximum Gasteiger partial charge on any atom is 0.230 e. The summed E-state index contributed by atoms with van der Waals surface area (Å²) in [5.41, 5.74) is 1.37. The monoisotopic (exact) mass is 355 g/mol. The van der Waals surface area contributed by atoms with E-state index in [0.717, 1.165) is 16.9 Å². The molecule has 2 rings (SSSR count). The zero-order valence-corrected chi connectivity index (χ0v) is 16.3. The Bertz CT molecular complexity index is 725. The Morgan fingerprint density at radius 3 is 2.23 bits per heavy atom. The number of carbonyl (C=O) groups is 1. The molecular weight excluding hydrogens is 326 g/mol. The fourth-order valence-electron chi connectivity index (χ4n) is 2.78. The van der Waals surface area contributed by atoms with Crippen molar-refractivity contribution in [1.82, 2.24) is 5.32 Å². The molecule has 1 N–H and O–H groups in total. The van der Waals surface area contributed by atoms with Gasteiger partial charge in [0, 0.05) is 0 Å². The number of rotatable bonds is 8. The highest BCUT2D eigenvalue weighted by molar-refractivity contribution is 5.87. The molecule has 0 aliphatic rings. The smallest absolute Gasteiger partial charge is 0.230 e. The molecule has 0 aliphatic heterocycles. The SMILES string of the molecule is CCOc1ccc(C(C)NC(=O)C(C)(C)c2ccccc2)cc1OCC. The third-order valence-corrected chi connectivity index (χ3v) is 4.48. The van der Waals surface area contributed by atoms with E-state index in [-0.39, 0.29) is 11.9 Å². The van der Waals surface area contributed by atoms with Crippen molar-refractivity contribution >= 4 is 5.91 Å². The van der Waals surface area contributed by atoms with E-state index < -0.39 is 5.41 Å². The average Bonchev–Trinajstić information content (AvgIpc) is 2.64. The normalized spacial score (nSPS) is 12.3. The molecule has 26 heavy (non-hydrogen) atoms. The first-order valence-electron chi connectivity index (χ1n) is 9.16. The minimum atomic E-state index is -0.608. The molecule has 1 unspecified atom stereocenters. The zero-order valence-electron chi connectivity index (χ0n) is 16.3. The maximum atomic E-state index is 12.9. The van der Waals surface area contributed by atoms with Gasteiger partial charge in [-0.1, -0.05) is 36.4 Å². The molecule has 0 fully saturated rings. The molecule has 2 aromatic rings. The lowest BCUT2D eigenvalue weighted by atomic mass is 9.83. The van der Waals surface area contributed by atoms with Gasteiger partial charge in [-0.05, 0) is 57.9 Å². The van der Waals surface area contributed by atoms with Gasteiger partial charge in [-0.25, -0.2) is 0 Å². The lowest BCUT2D eigenvalue weighted by Crippen LogP contribution is -2.41. The Balaban J connectivity index is 2.17. The molecule has 0 radical (unpaired) electrons. The highest BCUT2D eigenvalue weighted by atomic mass is 16.5. The van der Waals surface area contributed by atoms with Crippen LogP contribution in [0.15, 0.2) is 48.5 Å². The van der Waals surface area contributed by atoms with Crippen LogP contribution < -0.4 is 14.8 Å². The third-order valence-electron chi connectivity index (χ3n) is 4.48. The van der Waals surface area contributed by atoms with Crippen LogP contribution in [0.4, 0.5) is 0 Å². The molecule has 0 aromatic heterocycles. The molecule has 0 saturated carbocycles. The Kier molecular flexibility index (Phi) is 6.67. The summed E-state index contributed by atoms with van der Waals surface area (Å²) in [6.07, 6.45) is 0. The van der Waals surface area contributed by atoms with Crippen LogP contribution in [0.3, 0.4) is 0 Å². The summed E-state index contributed by atoms with van der Waals surface area (Å²) in [6, 6.07) is 15.5. The van der Waals surface area contributed by atoms with E-state index >= 15 is 0 Å². The van der Waals surface area contributed by atoms with Gasteiger partial charge in [-0.15, -0.1) is 0 Å². The summed E-state index contributed by atoms with van der Waals surface area (Å²) in [6.45, 7) is 10.9. The molecular formula is C22H29NO3. The zero-order chi connectivity index (χ0) is 19.2. The Labute approximate surface area is 156 Å². The second kappa shape index (κ2) is 8.75. The van der Waals surface area contributed by atoms with Crippen LogP contribution in [0, 0.1) is 0 Å². The number of hydrogen-bond donors (Lipinski definition) is 1. The van der Waals surface area contributed by atoms with Crippen LogP contribution in [0.1, 0.15) is 51.8 Å².